The molecule has 0 spiro atoms. The highest BCUT2D eigenvalue weighted by molar-refractivity contribution is 5.80. The summed E-state index contributed by atoms with van der Waals surface area (Å²) in [5.74, 6) is -1.53. The molecule has 5 nitrogen and oxygen atoms in total. The minimum Gasteiger partial charge on any atom is -0.481 e. The minimum absolute atomic E-state index is 0.0195. The standard InChI is InChI=1S/C15H27NO4/c1-3-4-7-10-20-11-13(17)16-15(2)9-6-5-8-12(15)14(18)19/h12H,3-11H2,1-2H3,(H,16,17)(H,18,19). The molecule has 2 N–H and O–H groups in total. The van der Waals surface area contributed by atoms with Crippen LogP contribution in [0.3, 0.4) is 0 Å². The van der Waals surface area contributed by atoms with Crippen molar-refractivity contribution in [2.24, 2.45) is 5.92 Å². The van der Waals surface area contributed by atoms with Gasteiger partial charge in [0, 0.05) is 6.61 Å². The van der Waals surface area contributed by atoms with E-state index in [9.17, 15) is 14.7 Å². The molecule has 0 aromatic carbocycles. The number of carboxylic acid groups (broad SMARTS) is 1. The number of ether oxygens (including phenoxy) is 1. The number of unbranched alkanes of at least 4 members (excludes halogenated alkanes) is 2. The number of rotatable bonds is 8. The maximum absolute atomic E-state index is 11.9. The van der Waals surface area contributed by atoms with Crippen LogP contribution in [0.4, 0.5) is 0 Å². The minimum atomic E-state index is -0.823. The summed E-state index contributed by atoms with van der Waals surface area (Å²) in [4.78, 5) is 23.2. The van der Waals surface area contributed by atoms with Crippen LogP contribution in [0, 0.1) is 5.92 Å². The van der Waals surface area contributed by atoms with Gasteiger partial charge in [-0.05, 0) is 26.2 Å². The van der Waals surface area contributed by atoms with Gasteiger partial charge in [-0.1, -0.05) is 32.6 Å². The summed E-state index contributed by atoms with van der Waals surface area (Å²) in [6, 6.07) is 0. The summed E-state index contributed by atoms with van der Waals surface area (Å²) in [5, 5.41) is 12.2. The highest BCUT2D eigenvalue weighted by Crippen LogP contribution is 2.33. The zero-order chi connectivity index (χ0) is 15.0. The second-order valence-corrected chi connectivity index (χ2v) is 5.86. The summed E-state index contributed by atoms with van der Waals surface area (Å²) in [5.41, 5.74) is -0.645. The normalized spacial score (nSPS) is 26.2. The van der Waals surface area contributed by atoms with E-state index in [4.69, 9.17) is 4.74 Å². The van der Waals surface area contributed by atoms with Gasteiger partial charge in [0.05, 0.1) is 11.5 Å². The number of hydrogen-bond donors (Lipinski definition) is 2. The molecule has 20 heavy (non-hydrogen) atoms. The number of nitrogens with one attached hydrogen (secondary N) is 1. The summed E-state index contributed by atoms with van der Waals surface area (Å²) >= 11 is 0. The van der Waals surface area contributed by atoms with Crippen molar-refractivity contribution in [1.29, 1.82) is 0 Å². The van der Waals surface area contributed by atoms with E-state index in [-0.39, 0.29) is 12.5 Å². The van der Waals surface area contributed by atoms with Crippen LogP contribution in [0.5, 0.6) is 0 Å². The Labute approximate surface area is 121 Å². The van der Waals surface area contributed by atoms with Crippen molar-refractivity contribution in [2.75, 3.05) is 13.2 Å². The van der Waals surface area contributed by atoms with Crippen molar-refractivity contribution in [3.05, 3.63) is 0 Å². The molecule has 0 aromatic rings. The zero-order valence-corrected chi connectivity index (χ0v) is 12.6. The lowest BCUT2D eigenvalue weighted by atomic mass is 9.74. The molecule has 1 aliphatic rings. The van der Waals surface area contributed by atoms with Crippen LogP contribution in [0.1, 0.15) is 58.8 Å². The average Bonchev–Trinajstić information content (AvgIpc) is 2.38. The zero-order valence-electron chi connectivity index (χ0n) is 12.6. The average molecular weight is 285 g/mol. The first-order valence-electron chi connectivity index (χ1n) is 7.61. The molecule has 0 heterocycles. The van der Waals surface area contributed by atoms with Crippen LogP contribution >= 0.6 is 0 Å². The third kappa shape index (κ3) is 5.12. The smallest absolute Gasteiger partial charge is 0.308 e. The number of carboxylic acids is 1. The first-order valence-corrected chi connectivity index (χ1v) is 7.61. The van der Waals surface area contributed by atoms with Gasteiger partial charge >= 0.3 is 5.97 Å². The molecular weight excluding hydrogens is 258 g/mol. The van der Waals surface area contributed by atoms with Crippen LogP contribution < -0.4 is 5.32 Å². The fourth-order valence-corrected chi connectivity index (χ4v) is 2.85. The van der Waals surface area contributed by atoms with Crippen molar-refractivity contribution >= 4 is 11.9 Å². The Morgan fingerprint density at radius 3 is 2.75 bits per heavy atom. The number of amides is 1. The predicted octanol–water partition coefficient (Wildman–Crippen LogP) is 2.34. The van der Waals surface area contributed by atoms with Gasteiger partial charge in [-0.2, -0.15) is 0 Å². The van der Waals surface area contributed by atoms with Gasteiger partial charge in [-0.15, -0.1) is 0 Å². The van der Waals surface area contributed by atoms with Gasteiger partial charge < -0.3 is 15.2 Å². The molecule has 2 atom stereocenters. The molecule has 1 amide bonds. The predicted molar refractivity (Wildman–Crippen MR) is 76.5 cm³/mol. The van der Waals surface area contributed by atoms with Crippen LogP contribution in [0.25, 0.3) is 0 Å². The van der Waals surface area contributed by atoms with E-state index in [1.807, 2.05) is 6.92 Å². The second-order valence-electron chi connectivity index (χ2n) is 5.86. The maximum Gasteiger partial charge on any atom is 0.308 e. The molecule has 0 aromatic heterocycles. The Balaban J connectivity index is 2.39. The van der Waals surface area contributed by atoms with E-state index in [1.165, 1.54) is 0 Å². The number of hydrogen-bond acceptors (Lipinski definition) is 3. The van der Waals surface area contributed by atoms with E-state index >= 15 is 0 Å². The molecule has 1 aliphatic carbocycles. The second kappa shape index (κ2) is 8.25. The Bertz CT molecular complexity index is 332. The van der Waals surface area contributed by atoms with Crippen molar-refractivity contribution < 1.29 is 19.4 Å². The first-order chi connectivity index (χ1) is 9.49. The lowest BCUT2D eigenvalue weighted by Crippen LogP contribution is -2.56. The van der Waals surface area contributed by atoms with E-state index in [1.54, 1.807) is 0 Å². The summed E-state index contributed by atoms with van der Waals surface area (Å²) in [6.07, 6.45) is 6.38. The molecule has 116 valence electrons. The van der Waals surface area contributed by atoms with E-state index < -0.39 is 17.4 Å². The fraction of sp³-hybridized carbons (Fsp3) is 0.867. The molecule has 0 radical (unpaired) electrons. The molecular formula is C15H27NO4. The van der Waals surface area contributed by atoms with Crippen LogP contribution in [-0.2, 0) is 14.3 Å². The van der Waals surface area contributed by atoms with Crippen molar-refractivity contribution in [3.63, 3.8) is 0 Å². The van der Waals surface area contributed by atoms with Crippen LogP contribution in [0.2, 0.25) is 0 Å². The largest absolute Gasteiger partial charge is 0.481 e. The number of carbonyl (C=O) groups excluding carboxylic acids is 1. The third-order valence-corrected chi connectivity index (χ3v) is 4.06. The van der Waals surface area contributed by atoms with E-state index in [2.05, 4.69) is 12.2 Å². The topological polar surface area (TPSA) is 75.6 Å². The monoisotopic (exact) mass is 285 g/mol. The first kappa shape index (κ1) is 17.0. The molecule has 0 aliphatic heterocycles. The summed E-state index contributed by atoms with van der Waals surface area (Å²) < 4.78 is 5.32. The summed E-state index contributed by atoms with van der Waals surface area (Å²) in [6.45, 7) is 4.55. The lowest BCUT2D eigenvalue weighted by molar-refractivity contribution is -0.147. The van der Waals surface area contributed by atoms with Gasteiger partial charge in [0.15, 0.2) is 0 Å². The maximum atomic E-state index is 11.9. The lowest BCUT2D eigenvalue weighted by Gasteiger charge is -2.39. The molecule has 0 bridgehead atoms. The third-order valence-electron chi connectivity index (χ3n) is 4.06. The van der Waals surface area contributed by atoms with E-state index in [0.29, 0.717) is 19.4 Å². The van der Waals surface area contributed by atoms with Crippen molar-refractivity contribution in [2.45, 2.75) is 64.3 Å². The molecule has 0 saturated heterocycles. The quantitative estimate of drug-likeness (QED) is 0.671. The number of aliphatic carboxylic acids is 1. The molecule has 5 heteroatoms. The highest BCUT2D eigenvalue weighted by Gasteiger charge is 2.42. The van der Waals surface area contributed by atoms with Gasteiger partial charge in [0.1, 0.15) is 6.61 Å². The van der Waals surface area contributed by atoms with Gasteiger partial charge in [-0.3, -0.25) is 9.59 Å². The Kier molecular flexibility index (Phi) is 6.99. The van der Waals surface area contributed by atoms with Crippen molar-refractivity contribution in [1.82, 2.24) is 5.32 Å². The molecule has 1 fully saturated rings. The fourth-order valence-electron chi connectivity index (χ4n) is 2.85. The van der Waals surface area contributed by atoms with Crippen LogP contribution in [-0.4, -0.2) is 35.7 Å². The van der Waals surface area contributed by atoms with Gasteiger partial charge in [0.25, 0.3) is 0 Å². The van der Waals surface area contributed by atoms with Gasteiger partial charge in [-0.25, -0.2) is 0 Å². The van der Waals surface area contributed by atoms with Crippen molar-refractivity contribution in [3.8, 4) is 0 Å². The Hall–Kier alpha value is -1.10. The molecule has 2 unspecified atom stereocenters. The highest BCUT2D eigenvalue weighted by atomic mass is 16.5. The Morgan fingerprint density at radius 1 is 1.35 bits per heavy atom. The summed E-state index contributed by atoms with van der Waals surface area (Å²) in [7, 11) is 0. The SMILES string of the molecule is CCCCCOCC(=O)NC1(C)CCCCC1C(=O)O. The van der Waals surface area contributed by atoms with Gasteiger partial charge in [0.2, 0.25) is 5.91 Å². The molecule has 1 saturated carbocycles. The van der Waals surface area contributed by atoms with Crippen LogP contribution in [0.15, 0.2) is 0 Å². The molecule has 1 rings (SSSR count). The van der Waals surface area contributed by atoms with E-state index in [0.717, 1.165) is 32.1 Å². The Morgan fingerprint density at radius 2 is 2.10 bits per heavy atom. The number of carbonyl (C=O) groups is 2.